The Balaban J connectivity index is 2.09. The monoisotopic (exact) mass is 360 g/mol. The number of carbonyl (C=O) groups excluding carboxylic acids is 1. The predicted octanol–water partition coefficient (Wildman–Crippen LogP) is 3.41. The van der Waals surface area contributed by atoms with Gasteiger partial charge in [-0.25, -0.2) is 18.2 Å². The van der Waals surface area contributed by atoms with E-state index < -0.39 is 20.0 Å². The molecule has 0 aliphatic rings. The van der Waals surface area contributed by atoms with Gasteiger partial charge in [0.15, 0.2) is 5.82 Å². The first-order chi connectivity index (χ1) is 10.4. The van der Waals surface area contributed by atoms with Gasteiger partial charge < -0.3 is 4.74 Å². The Kier molecular flexibility index (Phi) is 5.23. The highest BCUT2D eigenvalue weighted by molar-refractivity contribution is 8.13. The normalized spacial score (nSPS) is 11.0. The number of ether oxygens (including phenoxy) is 1. The molecule has 1 amide bonds. The third-order valence-electron chi connectivity index (χ3n) is 2.52. The zero-order valence-electron chi connectivity index (χ0n) is 11.0. The minimum Gasteiger partial charge on any atom is -0.444 e. The van der Waals surface area contributed by atoms with Gasteiger partial charge in [-0.1, -0.05) is 41.9 Å². The van der Waals surface area contributed by atoms with Crippen LogP contribution in [0, 0.1) is 0 Å². The fraction of sp³-hybridized carbons (Fsp3) is 0.0769. The summed E-state index contributed by atoms with van der Waals surface area (Å²) in [5, 5.41) is 2.29. The molecule has 1 N–H and O–H groups in total. The van der Waals surface area contributed by atoms with Crippen LogP contribution in [0.25, 0.3) is 0 Å². The molecular weight excluding hydrogens is 351 g/mol. The van der Waals surface area contributed by atoms with E-state index in [1.807, 2.05) is 6.07 Å². The molecule has 0 atom stereocenters. The lowest BCUT2D eigenvalue weighted by atomic mass is 10.2. The van der Waals surface area contributed by atoms with Crippen LogP contribution in [0.1, 0.15) is 5.56 Å². The summed E-state index contributed by atoms with van der Waals surface area (Å²) >= 11 is 5.67. The van der Waals surface area contributed by atoms with E-state index in [9.17, 15) is 13.2 Å². The number of benzene rings is 1. The van der Waals surface area contributed by atoms with Gasteiger partial charge in [-0.2, -0.15) is 0 Å². The topological polar surface area (TPSA) is 85.4 Å². The lowest BCUT2D eigenvalue weighted by Gasteiger charge is -2.09. The van der Waals surface area contributed by atoms with E-state index in [-0.39, 0.29) is 17.4 Å². The van der Waals surface area contributed by atoms with Crippen molar-refractivity contribution in [3.05, 3.63) is 53.2 Å². The number of amides is 1. The minimum absolute atomic E-state index is 0.0310. The van der Waals surface area contributed by atoms with Gasteiger partial charge in [0.1, 0.15) is 11.5 Å². The molecular formula is C13H10Cl2N2O4S. The Hall–Kier alpha value is -1.83. The van der Waals surface area contributed by atoms with Crippen LogP contribution in [0.15, 0.2) is 47.5 Å². The average molecular weight is 361 g/mol. The number of halogens is 2. The van der Waals surface area contributed by atoms with Gasteiger partial charge in [0.05, 0.1) is 5.02 Å². The lowest BCUT2D eigenvalue weighted by molar-refractivity contribution is 0.155. The van der Waals surface area contributed by atoms with E-state index in [4.69, 9.17) is 27.0 Å². The van der Waals surface area contributed by atoms with E-state index in [1.54, 1.807) is 24.3 Å². The largest absolute Gasteiger partial charge is 0.444 e. The van der Waals surface area contributed by atoms with Crippen LogP contribution >= 0.6 is 22.3 Å². The SMILES string of the molecule is O=C(Nc1ncc(Cl)cc1S(=O)(=O)Cl)OCc1ccccc1. The number of anilines is 1. The maximum Gasteiger partial charge on any atom is 0.413 e. The molecule has 9 heteroatoms. The van der Waals surface area contributed by atoms with Crippen molar-refractivity contribution in [1.82, 2.24) is 4.98 Å². The van der Waals surface area contributed by atoms with Crippen LogP contribution in [0.3, 0.4) is 0 Å². The number of hydrogen-bond donors (Lipinski definition) is 1. The first-order valence-corrected chi connectivity index (χ1v) is 8.63. The molecule has 0 aliphatic carbocycles. The van der Waals surface area contributed by atoms with Gasteiger partial charge in [-0.15, -0.1) is 0 Å². The van der Waals surface area contributed by atoms with E-state index in [0.29, 0.717) is 0 Å². The molecule has 116 valence electrons. The molecule has 22 heavy (non-hydrogen) atoms. The fourth-order valence-electron chi connectivity index (χ4n) is 1.56. The number of rotatable bonds is 4. The maximum atomic E-state index is 11.7. The van der Waals surface area contributed by atoms with Crippen molar-refractivity contribution in [2.45, 2.75) is 11.5 Å². The van der Waals surface area contributed by atoms with Gasteiger partial charge in [-0.05, 0) is 11.6 Å². The molecule has 0 aliphatic heterocycles. The summed E-state index contributed by atoms with van der Waals surface area (Å²) in [6, 6.07) is 10.1. The zero-order chi connectivity index (χ0) is 16.2. The van der Waals surface area contributed by atoms with Crippen LogP contribution in [-0.2, 0) is 20.4 Å². The van der Waals surface area contributed by atoms with Crippen LogP contribution < -0.4 is 5.32 Å². The van der Waals surface area contributed by atoms with Crippen molar-refractivity contribution in [2.75, 3.05) is 5.32 Å². The van der Waals surface area contributed by atoms with E-state index in [2.05, 4.69) is 10.3 Å². The van der Waals surface area contributed by atoms with Crippen LogP contribution in [0.5, 0.6) is 0 Å². The molecule has 0 fully saturated rings. The van der Waals surface area contributed by atoms with E-state index in [0.717, 1.165) is 11.6 Å². The maximum absolute atomic E-state index is 11.7. The number of aromatic nitrogens is 1. The van der Waals surface area contributed by atoms with Crippen molar-refractivity contribution in [3.8, 4) is 0 Å². The van der Waals surface area contributed by atoms with Crippen molar-refractivity contribution in [2.24, 2.45) is 0 Å². The molecule has 1 aromatic heterocycles. The van der Waals surface area contributed by atoms with Crippen LogP contribution in [0.4, 0.5) is 10.6 Å². The van der Waals surface area contributed by atoms with Gasteiger partial charge >= 0.3 is 6.09 Å². The highest BCUT2D eigenvalue weighted by Crippen LogP contribution is 2.25. The van der Waals surface area contributed by atoms with Crippen molar-refractivity contribution >= 4 is 43.2 Å². The fourth-order valence-corrected chi connectivity index (χ4v) is 2.73. The Bertz CT molecular complexity index is 782. The predicted molar refractivity (Wildman–Crippen MR) is 82.5 cm³/mol. The van der Waals surface area contributed by atoms with Crippen molar-refractivity contribution in [1.29, 1.82) is 0 Å². The highest BCUT2D eigenvalue weighted by Gasteiger charge is 2.19. The molecule has 2 rings (SSSR count). The molecule has 0 radical (unpaired) electrons. The first-order valence-electron chi connectivity index (χ1n) is 5.94. The minimum atomic E-state index is -4.11. The third-order valence-corrected chi connectivity index (χ3v) is 4.06. The van der Waals surface area contributed by atoms with Crippen LogP contribution in [0.2, 0.25) is 5.02 Å². The summed E-state index contributed by atoms with van der Waals surface area (Å²) in [6.45, 7) is 0.0310. The number of hydrogen-bond acceptors (Lipinski definition) is 5. The van der Waals surface area contributed by atoms with E-state index in [1.165, 1.54) is 6.20 Å². The van der Waals surface area contributed by atoms with Crippen LogP contribution in [-0.4, -0.2) is 19.5 Å². The van der Waals surface area contributed by atoms with Gasteiger partial charge in [-0.3, -0.25) is 5.32 Å². The van der Waals surface area contributed by atoms with Gasteiger partial charge in [0, 0.05) is 16.9 Å². The van der Waals surface area contributed by atoms with Gasteiger partial charge in [0.2, 0.25) is 0 Å². The average Bonchev–Trinajstić information content (AvgIpc) is 2.47. The summed E-state index contributed by atoms with van der Waals surface area (Å²) in [5.41, 5.74) is 0.784. The number of nitrogens with zero attached hydrogens (tertiary/aromatic N) is 1. The van der Waals surface area contributed by atoms with Crippen molar-refractivity contribution < 1.29 is 17.9 Å². The quantitative estimate of drug-likeness (QED) is 0.844. The van der Waals surface area contributed by atoms with E-state index >= 15 is 0 Å². The Labute approximate surface area is 136 Å². The smallest absolute Gasteiger partial charge is 0.413 e. The number of pyridine rings is 1. The lowest BCUT2D eigenvalue weighted by Crippen LogP contribution is -2.16. The molecule has 1 aromatic carbocycles. The molecule has 0 saturated carbocycles. The second-order valence-electron chi connectivity index (χ2n) is 4.12. The number of nitrogens with one attached hydrogen (secondary N) is 1. The summed E-state index contributed by atoms with van der Waals surface area (Å²) in [7, 11) is 1.16. The molecule has 6 nitrogen and oxygen atoms in total. The summed E-state index contributed by atoms with van der Waals surface area (Å²) in [5.74, 6) is -0.252. The second kappa shape index (κ2) is 6.95. The Morgan fingerprint density at radius 1 is 1.27 bits per heavy atom. The number of carbonyl (C=O) groups is 1. The zero-order valence-corrected chi connectivity index (χ0v) is 13.3. The first kappa shape index (κ1) is 16.5. The molecule has 1 heterocycles. The molecule has 0 saturated heterocycles. The molecule has 0 unspecified atom stereocenters. The summed E-state index contributed by atoms with van der Waals surface area (Å²) in [6.07, 6.45) is 0.320. The summed E-state index contributed by atoms with van der Waals surface area (Å²) < 4.78 is 27.9. The second-order valence-corrected chi connectivity index (χ2v) is 7.10. The summed E-state index contributed by atoms with van der Waals surface area (Å²) in [4.78, 5) is 15.0. The van der Waals surface area contributed by atoms with Crippen molar-refractivity contribution in [3.63, 3.8) is 0 Å². The molecule has 0 bridgehead atoms. The Morgan fingerprint density at radius 3 is 2.59 bits per heavy atom. The Morgan fingerprint density at radius 2 is 1.95 bits per heavy atom. The third kappa shape index (κ3) is 4.59. The molecule has 0 spiro atoms. The highest BCUT2D eigenvalue weighted by atomic mass is 35.7. The molecule has 2 aromatic rings. The van der Waals surface area contributed by atoms with Gasteiger partial charge in [0.25, 0.3) is 9.05 Å². The standard InChI is InChI=1S/C13H10Cl2N2O4S/c14-10-6-11(22(15,19)20)12(16-7-10)17-13(18)21-8-9-4-2-1-3-5-9/h1-7H,8H2,(H,16,17,18).